The summed E-state index contributed by atoms with van der Waals surface area (Å²) in [4.78, 5) is 13.8. The van der Waals surface area contributed by atoms with Crippen LogP contribution >= 0.6 is 0 Å². The van der Waals surface area contributed by atoms with Crippen LogP contribution in [-0.4, -0.2) is 60.3 Å². The van der Waals surface area contributed by atoms with Crippen LogP contribution in [0, 0.1) is 13.8 Å². The van der Waals surface area contributed by atoms with E-state index in [-0.39, 0.29) is 0 Å². The summed E-state index contributed by atoms with van der Waals surface area (Å²) in [5.41, 5.74) is 2.31. The van der Waals surface area contributed by atoms with Crippen LogP contribution in [0.2, 0.25) is 0 Å². The first-order valence-electron chi connectivity index (χ1n) is 7.60. The molecule has 0 bridgehead atoms. The summed E-state index contributed by atoms with van der Waals surface area (Å²) in [7, 11) is 0. The fourth-order valence-electron chi connectivity index (χ4n) is 3.23. The van der Waals surface area contributed by atoms with Crippen LogP contribution in [0.1, 0.15) is 24.1 Å². The van der Waals surface area contributed by atoms with Crippen molar-refractivity contribution in [3.63, 3.8) is 0 Å². The first-order valence-corrected chi connectivity index (χ1v) is 7.60. The molecule has 1 aromatic rings. The maximum absolute atomic E-state index is 5.44. The molecule has 0 unspecified atom stereocenters. The number of rotatable bonds is 2. The van der Waals surface area contributed by atoms with Crippen molar-refractivity contribution in [2.24, 2.45) is 0 Å². The minimum absolute atomic E-state index is 0.721. The number of hydrogen-bond acceptors (Lipinski definition) is 5. The molecule has 110 valence electrons. The Morgan fingerprint density at radius 2 is 1.75 bits per heavy atom. The van der Waals surface area contributed by atoms with E-state index < -0.39 is 0 Å². The molecule has 0 amide bonds. The maximum atomic E-state index is 5.44. The van der Waals surface area contributed by atoms with E-state index in [4.69, 9.17) is 4.74 Å². The van der Waals surface area contributed by atoms with Crippen molar-refractivity contribution in [3.8, 4) is 0 Å². The zero-order valence-electron chi connectivity index (χ0n) is 12.5. The fraction of sp³-hybridized carbons (Fsp3) is 0.733. The SMILES string of the molecule is Cc1ncnc(N2CCC(N3CCOCC3)CC2)c1C. The molecule has 3 rings (SSSR count). The van der Waals surface area contributed by atoms with Crippen LogP contribution in [0.15, 0.2) is 6.33 Å². The lowest BCUT2D eigenvalue weighted by Crippen LogP contribution is -2.49. The summed E-state index contributed by atoms with van der Waals surface area (Å²) in [6.07, 6.45) is 4.14. The number of nitrogens with zero attached hydrogens (tertiary/aromatic N) is 4. The van der Waals surface area contributed by atoms with Crippen molar-refractivity contribution >= 4 is 5.82 Å². The number of ether oxygens (including phenoxy) is 1. The summed E-state index contributed by atoms with van der Waals surface area (Å²) < 4.78 is 5.44. The number of hydrogen-bond donors (Lipinski definition) is 0. The van der Waals surface area contributed by atoms with E-state index in [9.17, 15) is 0 Å². The van der Waals surface area contributed by atoms with Crippen LogP contribution in [0.4, 0.5) is 5.82 Å². The highest BCUT2D eigenvalue weighted by molar-refractivity contribution is 5.47. The molecule has 3 heterocycles. The first-order chi connectivity index (χ1) is 9.75. The van der Waals surface area contributed by atoms with Gasteiger partial charge in [-0.3, -0.25) is 4.90 Å². The van der Waals surface area contributed by atoms with E-state index in [1.165, 1.54) is 18.4 Å². The molecule has 0 saturated carbocycles. The number of anilines is 1. The number of aromatic nitrogens is 2. The van der Waals surface area contributed by atoms with Crippen molar-refractivity contribution in [3.05, 3.63) is 17.6 Å². The number of piperidine rings is 1. The lowest BCUT2D eigenvalue weighted by Gasteiger charge is -2.40. The minimum atomic E-state index is 0.721. The monoisotopic (exact) mass is 276 g/mol. The van der Waals surface area contributed by atoms with Crippen LogP contribution in [0.25, 0.3) is 0 Å². The fourth-order valence-corrected chi connectivity index (χ4v) is 3.23. The van der Waals surface area contributed by atoms with Gasteiger partial charge in [0, 0.05) is 43.5 Å². The third kappa shape index (κ3) is 2.79. The van der Waals surface area contributed by atoms with Crippen molar-refractivity contribution < 1.29 is 4.74 Å². The van der Waals surface area contributed by atoms with E-state index in [1.54, 1.807) is 6.33 Å². The van der Waals surface area contributed by atoms with E-state index in [0.29, 0.717) is 0 Å². The van der Waals surface area contributed by atoms with Crippen molar-refractivity contribution in [2.75, 3.05) is 44.3 Å². The zero-order chi connectivity index (χ0) is 13.9. The van der Waals surface area contributed by atoms with Crippen molar-refractivity contribution in [1.29, 1.82) is 0 Å². The zero-order valence-corrected chi connectivity index (χ0v) is 12.5. The van der Waals surface area contributed by atoms with Gasteiger partial charge in [-0.15, -0.1) is 0 Å². The number of morpholine rings is 1. The Morgan fingerprint density at radius 3 is 2.45 bits per heavy atom. The molecule has 0 spiro atoms. The lowest BCUT2D eigenvalue weighted by molar-refractivity contribution is 0.0114. The summed E-state index contributed by atoms with van der Waals surface area (Å²) in [5, 5.41) is 0. The molecule has 0 aromatic carbocycles. The average molecular weight is 276 g/mol. The van der Waals surface area contributed by atoms with Crippen LogP contribution < -0.4 is 4.90 Å². The molecule has 5 heteroatoms. The molecule has 0 N–H and O–H groups in total. The summed E-state index contributed by atoms with van der Waals surface area (Å²) in [6, 6.07) is 0.721. The predicted octanol–water partition coefficient (Wildman–Crippen LogP) is 1.39. The highest BCUT2D eigenvalue weighted by atomic mass is 16.5. The number of aryl methyl sites for hydroxylation is 1. The molecular weight excluding hydrogens is 252 g/mol. The maximum Gasteiger partial charge on any atom is 0.135 e. The van der Waals surface area contributed by atoms with Crippen molar-refractivity contribution in [1.82, 2.24) is 14.9 Å². The topological polar surface area (TPSA) is 41.5 Å². The van der Waals surface area contributed by atoms with E-state index >= 15 is 0 Å². The van der Waals surface area contributed by atoms with Crippen LogP contribution in [0.3, 0.4) is 0 Å². The molecule has 20 heavy (non-hydrogen) atoms. The highest BCUT2D eigenvalue weighted by Gasteiger charge is 2.26. The molecule has 2 aliphatic rings. The van der Waals surface area contributed by atoms with Gasteiger partial charge in [-0.1, -0.05) is 0 Å². The average Bonchev–Trinajstić information content (AvgIpc) is 2.51. The van der Waals surface area contributed by atoms with Gasteiger partial charge in [0.15, 0.2) is 0 Å². The smallest absolute Gasteiger partial charge is 0.135 e. The molecule has 0 atom stereocenters. The Bertz CT molecular complexity index is 451. The van der Waals surface area contributed by atoms with E-state index in [2.05, 4.69) is 33.6 Å². The molecule has 0 radical (unpaired) electrons. The normalized spacial score (nSPS) is 22.2. The second kappa shape index (κ2) is 6.06. The minimum Gasteiger partial charge on any atom is -0.379 e. The van der Waals surface area contributed by atoms with Gasteiger partial charge in [0.25, 0.3) is 0 Å². The van der Waals surface area contributed by atoms with Crippen molar-refractivity contribution in [2.45, 2.75) is 32.7 Å². The van der Waals surface area contributed by atoms with E-state index in [0.717, 1.165) is 56.9 Å². The molecule has 2 saturated heterocycles. The Labute approximate surface area is 121 Å². The van der Waals surface area contributed by atoms with Gasteiger partial charge in [0.05, 0.1) is 13.2 Å². The lowest BCUT2D eigenvalue weighted by atomic mass is 10.0. The third-order valence-electron chi connectivity index (χ3n) is 4.64. The van der Waals surface area contributed by atoms with Gasteiger partial charge < -0.3 is 9.64 Å². The van der Waals surface area contributed by atoms with Gasteiger partial charge >= 0.3 is 0 Å². The molecule has 1 aromatic heterocycles. The van der Waals surface area contributed by atoms with Gasteiger partial charge in [0.2, 0.25) is 0 Å². The van der Waals surface area contributed by atoms with Crippen LogP contribution in [-0.2, 0) is 4.74 Å². The summed E-state index contributed by atoms with van der Waals surface area (Å²) >= 11 is 0. The largest absolute Gasteiger partial charge is 0.379 e. The third-order valence-corrected chi connectivity index (χ3v) is 4.64. The Hall–Kier alpha value is -1.20. The Morgan fingerprint density at radius 1 is 1.05 bits per heavy atom. The van der Waals surface area contributed by atoms with Gasteiger partial charge in [0.1, 0.15) is 12.1 Å². The highest BCUT2D eigenvalue weighted by Crippen LogP contribution is 2.24. The standard InChI is InChI=1S/C15H24N4O/c1-12-13(2)16-11-17-15(12)19-5-3-14(4-6-19)18-7-9-20-10-8-18/h11,14H,3-10H2,1-2H3. The van der Waals surface area contributed by atoms with Gasteiger partial charge in [-0.25, -0.2) is 9.97 Å². The Balaban J connectivity index is 1.62. The second-order valence-corrected chi connectivity index (χ2v) is 5.77. The first kappa shape index (κ1) is 13.8. The Kier molecular flexibility index (Phi) is 4.17. The predicted molar refractivity (Wildman–Crippen MR) is 79.1 cm³/mol. The second-order valence-electron chi connectivity index (χ2n) is 5.77. The van der Waals surface area contributed by atoms with E-state index in [1.807, 2.05) is 0 Å². The molecule has 2 fully saturated rings. The molecule has 5 nitrogen and oxygen atoms in total. The molecule has 2 aliphatic heterocycles. The quantitative estimate of drug-likeness (QED) is 0.816. The van der Waals surface area contributed by atoms with Crippen LogP contribution in [0.5, 0.6) is 0 Å². The summed E-state index contributed by atoms with van der Waals surface area (Å²) in [5.74, 6) is 1.12. The van der Waals surface area contributed by atoms with Gasteiger partial charge in [-0.05, 0) is 26.7 Å². The molecule has 0 aliphatic carbocycles. The summed E-state index contributed by atoms with van der Waals surface area (Å²) in [6.45, 7) is 10.3. The van der Waals surface area contributed by atoms with Gasteiger partial charge in [-0.2, -0.15) is 0 Å². The molecular formula is C15H24N4O.